The summed E-state index contributed by atoms with van der Waals surface area (Å²) in [5.41, 5.74) is 5.33. The molecule has 16 heavy (non-hydrogen) atoms. The van der Waals surface area contributed by atoms with E-state index in [0.29, 0.717) is 0 Å². The van der Waals surface area contributed by atoms with Gasteiger partial charge in [-0.25, -0.2) is 4.39 Å². The largest absolute Gasteiger partial charge is 0.369 e. The zero-order valence-electron chi connectivity index (χ0n) is 8.52. The van der Waals surface area contributed by atoms with Gasteiger partial charge in [0.1, 0.15) is 5.82 Å². The Labute approximate surface area is 91.8 Å². The van der Waals surface area contributed by atoms with E-state index in [2.05, 4.69) is 0 Å². The topological polar surface area (TPSA) is 63.4 Å². The van der Waals surface area contributed by atoms with Crippen LogP contribution in [-0.2, 0) is 9.59 Å². The molecule has 5 heteroatoms. The molecule has 84 valence electrons. The minimum absolute atomic E-state index is 0.0592. The van der Waals surface area contributed by atoms with Crippen LogP contribution in [0.4, 0.5) is 10.1 Å². The summed E-state index contributed by atoms with van der Waals surface area (Å²) in [6, 6.07) is 5.98. The van der Waals surface area contributed by atoms with Crippen molar-refractivity contribution in [2.75, 3.05) is 11.4 Å². The molecule has 0 unspecified atom stereocenters. The van der Waals surface area contributed by atoms with E-state index >= 15 is 0 Å². The first kappa shape index (κ1) is 10.6. The minimum Gasteiger partial charge on any atom is -0.369 e. The first-order valence-electron chi connectivity index (χ1n) is 4.94. The van der Waals surface area contributed by atoms with Crippen molar-refractivity contribution < 1.29 is 14.0 Å². The van der Waals surface area contributed by atoms with E-state index in [9.17, 15) is 14.0 Å². The number of hydrogen-bond donors (Lipinski definition) is 1. The summed E-state index contributed by atoms with van der Waals surface area (Å²) in [5, 5.41) is 0. The molecule has 2 N–H and O–H groups in total. The van der Waals surface area contributed by atoms with Crippen LogP contribution in [0.1, 0.15) is 6.42 Å². The second kappa shape index (κ2) is 3.92. The smallest absolute Gasteiger partial charge is 0.227 e. The van der Waals surface area contributed by atoms with Gasteiger partial charge in [0, 0.05) is 13.0 Å². The number of nitrogens with zero attached hydrogens (tertiary/aromatic N) is 1. The van der Waals surface area contributed by atoms with E-state index in [1.807, 2.05) is 0 Å². The predicted octanol–water partition coefficient (Wildman–Crippen LogP) is 0.664. The van der Waals surface area contributed by atoms with Crippen molar-refractivity contribution in [2.24, 2.45) is 11.7 Å². The molecule has 1 aromatic carbocycles. The van der Waals surface area contributed by atoms with E-state index in [1.165, 1.54) is 17.0 Å². The highest BCUT2D eigenvalue weighted by atomic mass is 19.1. The fraction of sp³-hybridized carbons (Fsp3) is 0.273. The second-order valence-electron chi connectivity index (χ2n) is 3.76. The van der Waals surface area contributed by atoms with Gasteiger partial charge in [-0.1, -0.05) is 12.1 Å². The Balaban J connectivity index is 2.27. The summed E-state index contributed by atoms with van der Waals surface area (Å²) >= 11 is 0. The molecule has 1 aromatic rings. The van der Waals surface area contributed by atoms with Crippen LogP contribution < -0.4 is 10.6 Å². The molecular formula is C11H11FN2O2. The van der Waals surface area contributed by atoms with E-state index < -0.39 is 17.6 Å². The van der Waals surface area contributed by atoms with Gasteiger partial charge in [-0.15, -0.1) is 0 Å². The van der Waals surface area contributed by atoms with Gasteiger partial charge in [0.25, 0.3) is 0 Å². The van der Waals surface area contributed by atoms with Crippen LogP contribution in [0.2, 0.25) is 0 Å². The van der Waals surface area contributed by atoms with Gasteiger partial charge in [0.2, 0.25) is 11.8 Å². The van der Waals surface area contributed by atoms with Crippen molar-refractivity contribution >= 4 is 17.5 Å². The Morgan fingerprint density at radius 1 is 1.44 bits per heavy atom. The SMILES string of the molecule is NC(=O)[C@H]1CC(=O)N(c2ccccc2F)C1. The van der Waals surface area contributed by atoms with E-state index in [-0.39, 0.29) is 24.6 Å². The highest BCUT2D eigenvalue weighted by Crippen LogP contribution is 2.26. The lowest BCUT2D eigenvalue weighted by Crippen LogP contribution is -2.28. The molecule has 0 spiro atoms. The average molecular weight is 222 g/mol. The maximum Gasteiger partial charge on any atom is 0.227 e. The zero-order valence-corrected chi connectivity index (χ0v) is 8.52. The predicted molar refractivity (Wildman–Crippen MR) is 56.1 cm³/mol. The lowest BCUT2D eigenvalue weighted by atomic mass is 10.1. The number of nitrogens with two attached hydrogens (primary N) is 1. The minimum atomic E-state index is -0.521. The first-order chi connectivity index (χ1) is 7.59. The number of rotatable bonds is 2. The Hall–Kier alpha value is -1.91. The number of halogens is 1. The van der Waals surface area contributed by atoms with Crippen LogP contribution in [0.3, 0.4) is 0 Å². The molecule has 0 saturated carbocycles. The number of hydrogen-bond acceptors (Lipinski definition) is 2. The van der Waals surface area contributed by atoms with E-state index in [4.69, 9.17) is 5.73 Å². The summed E-state index contributed by atoms with van der Waals surface area (Å²) in [6.45, 7) is 0.162. The fourth-order valence-electron chi connectivity index (χ4n) is 1.80. The van der Waals surface area contributed by atoms with Gasteiger partial charge in [-0.3, -0.25) is 9.59 Å². The fourth-order valence-corrected chi connectivity index (χ4v) is 1.80. The number of benzene rings is 1. The summed E-state index contributed by atoms with van der Waals surface area (Å²) in [6.07, 6.45) is 0.0592. The maximum atomic E-state index is 13.4. The number of para-hydroxylation sites is 1. The van der Waals surface area contributed by atoms with Crippen molar-refractivity contribution in [3.8, 4) is 0 Å². The Morgan fingerprint density at radius 2 is 2.12 bits per heavy atom. The van der Waals surface area contributed by atoms with Gasteiger partial charge in [0.05, 0.1) is 11.6 Å². The van der Waals surface area contributed by atoms with Crippen LogP contribution in [0.15, 0.2) is 24.3 Å². The number of anilines is 1. The van der Waals surface area contributed by atoms with Crippen LogP contribution >= 0.6 is 0 Å². The molecule has 1 aliphatic heterocycles. The molecule has 2 rings (SSSR count). The third-order valence-corrected chi connectivity index (χ3v) is 2.67. The van der Waals surface area contributed by atoms with E-state index in [1.54, 1.807) is 12.1 Å². The number of amides is 2. The summed E-state index contributed by atoms with van der Waals surface area (Å²) < 4.78 is 13.4. The van der Waals surface area contributed by atoms with Crippen LogP contribution in [0.25, 0.3) is 0 Å². The molecule has 0 radical (unpaired) electrons. The molecule has 1 fully saturated rings. The standard InChI is InChI=1S/C11H11FN2O2/c12-8-3-1-2-4-9(8)14-6-7(11(13)16)5-10(14)15/h1-4,7H,5-6H2,(H2,13,16)/t7-/m0/s1. The normalized spacial score (nSPS) is 20.2. The van der Waals surface area contributed by atoms with Crippen molar-refractivity contribution in [3.05, 3.63) is 30.1 Å². The quantitative estimate of drug-likeness (QED) is 0.799. The second-order valence-corrected chi connectivity index (χ2v) is 3.76. The summed E-state index contributed by atoms with van der Waals surface area (Å²) in [5.74, 6) is -1.78. The van der Waals surface area contributed by atoms with Crippen LogP contribution in [-0.4, -0.2) is 18.4 Å². The average Bonchev–Trinajstić information content (AvgIpc) is 2.61. The molecule has 0 bridgehead atoms. The zero-order chi connectivity index (χ0) is 11.7. The Morgan fingerprint density at radius 3 is 2.69 bits per heavy atom. The van der Waals surface area contributed by atoms with Gasteiger partial charge in [-0.05, 0) is 12.1 Å². The van der Waals surface area contributed by atoms with E-state index in [0.717, 1.165) is 0 Å². The van der Waals surface area contributed by atoms with Crippen molar-refractivity contribution in [2.45, 2.75) is 6.42 Å². The number of carbonyl (C=O) groups is 2. The highest BCUT2D eigenvalue weighted by Gasteiger charge is 2.34. The third kappa shape index (κ3) is 1.76. The molecule has 1 heterocycles. The molecule has 1 saturated heterocycles. The summed E-state index contributed by atoms with van der Waals surface area (Å²) in [4.78, 5) is 23.8. The lowest BCUT2D eigenvalue weighted by molar-refractivity contribution is -0.123. The number of carbonyl (C=O) groups excluding carboxylic acids is 2. The first-order valence-corrected chi connectivity index (χ1v) is 4.94. The Kier molecular flexibility index (Phi) is 2.60. The maximum absolute atomic E-state index is 13.4. The van der Waals surface area contributed by atoms with Crippen LogP contribution in [0, 0.1) is 11.7 Å². The molecule has 1 atom stereocenters. The number of primary amides is 1. The van der Waals surface area contributed by atoms with Crippen molar-refractivity contribution in [3.63, 3.8) is 0 Å². The molecule has 4 nitrogen and oxygen atoms in total. The molecular weight excluding hydrogens is 211 g/mol. The highest BCUT2D eigenvalue weighted by molar-refractivity contribution is 6.00. The van der Waals surface area contributed by atoms with Gasteiger partial charge in [-0.2, -0.15) is 0 Å². The Bertz CT molecular complexity index is 447. The monoisotopic (exact) mass is 222 g/mol. The van der Waals surface area contributed by atoms with Crippen molar-refractivity contribution in [1.82, 2.24) is 0 Å². The molecule has 1 aliphatic rings. The van der Waals surface area contributed by atoms with Gasteiger partial charge < -0.3 is 10.6 Å². The summed E-state index contributed by atoms with van der Waals surface area (Å²) in [7, 11) is 0. The van der Waals surface area contributed by atoms with Gasteiger partial charge >= 0.3 is 0 Å². The van der Waals surface area contributed by atoms with Gasteiger partial charge in [0.15, 0.2) is 0 Å². The van der Waals surface area contributed by atoms with Crippen LogP contribution in [0.5, 0.6) is 0 Å². The molecule has 0 aliphatic carbocycles. The lowest BCUT2D eigenvalue weighted by Gasteiger charge is -2.16. The van der Waals surface area contributed by atoms with Crippen molar-refractivity contribution in [1.29, 1.82) is 0 Å². The molecule has 2 amide bonds. The third-order valence-electron chi connectivity index (χ3n) is 2.67. The molecule has 0 aromatic heterocycles.